The molecule has 2 rings (SSSR count). The van der Waals surface area contributed by atoms with Crippen molar-refractivity contribution in [3.8, 4) is 0 Å². The number of carbonyl (C=O) groups excluding carboxylic acids is 2. The smallest absolute Gasteiger partial charge is 0.315 e. The van der Waals surface area contributed by atoms with Crippen LogP contribution < -0.4 is 21.3 Å². The first-order chi connectivity index (χ1) is 12.8. The minimum Gasteiger partial charge on any atom is -0.350 e. The molecule has 150 valence electrons. The molecule has 1 aliphatic heterocycles. The summed E-state index contributed by atoms with van der Waals surface area (Å²) in [7, 11) is 0. The Balaban J connectivity index is 1.88. The van der Waals surface area contributed by atoms with Gasteiger partial charge in [0, 0.05) is 18.6 Å². The predicted octanol–water partition coefficient (Wildman–Crippen LogP) is 2.47. The van der Waals surface area contributed by atoms with E-state index in [2.05, 4.69) is 42.0 Å². The molecule has 0 radical (unpaired) electrons. The molecule has 4 N–H and O–H groups in total. The van der Waals surface area contributed by atoms with Crippen LogP contribution in [-0.2, 0) is 11.3 Å². The molecule has 6 heteroatoms. The van der Waals surface area contributed by atoms with Crippen molar-refractivity contribution in [2.45, 2.75) is 71.6 Å². The van der Waals surface area contributed by atoms with E-state index in [-0.39, 0.29) is 24.0 Å². The van der Waals surface area contributed by atoms with Gasteiger partial charge in [-0.25, -0.2) is 4.79 Å². The lowest BCUT2D eigenvalue weighted by Gasteiger charge is -2.32. The Bertz CT molecular complexity index is 615. The van der Waals surface area contributed by atoms with Gasteiger partial charge in [-0.1, -0.05) is 43.7 Å². The van der Waals surface area contributed by atoms with Crippen molar-refractivity contribution in [1.29, 1.82) is 0 Å². The van der Waals surface area contributed by atoms with Gasteiger partial charge in [0.1, 0.15) is 6.04 Å². The van der Waals surface area contributed by atoms with Crippen LogP contribution in [0.5, 0.6) is 0 Å². The zero-order chi connectivity index (χ0) is 19.8. The highest BCUT2D eigenvalue weighted by molar-refractivity contribution is 5.87. The summed E-state index contributed by atoms with van der Waals surface area (Å²) in [5.41, 5.74) is 2.21. The summed E-state index contributed by atoms with van der Waals surface area (Å²) in [5, 5.41) is 12.2. The zero-order valence-corrected chi connectivity index (χ0v) is 17.0. The van der Waals surface area contributed by atoms with Crippen LogP contribution in [0.1, 0.15) is 51.2 Å². The van der Waals surface area contributed by atoms with E-state index < -0.39 is 6.04 Å². The molecule has 1 aromatic carbocycles. The van der Waals surface area contributed by atoms with Crippen molar-refractivity contribution in [2.75, 3.05) is 6.54 Å². The summed E-state index contributed by atoms with van der Waals surface area (Å²) in [6.07, 6.45) is 2.63. The van der Waals surface area contributed by atoms with Gasteiger partial charge in [0.2, 0.25) is 5.91 Å². The number of amides is 3. The third-order valence-corrected chi connectivity index (χ3v) is 4.99. The van der Waals surface area contributed by atoms with Crippen molar-refractivity contribution >= 4 is 11.9 Å². The van der Waals surface area contributed by atoms with Crippen LogP contribution in [0.25, 0.3) is 0 Å². The Hall–Kier alpha value is -2.08. The molecule has 1 aliphatic rings. The first kappa shape index (κ1) is 21.2. The second-order valence-corrected chi connectivity index (χ2v) is 7.99. The van der Waals surface area contributed by atoms with Crippen LogP contribution >= 0.6 is 0 Å². The van der Waals surface area contributed by atoms with Gasteiger partial charge < -0.3 is 21.3 Å². The standard InChI is InChI=1S/C21H34N4O2/c1-14(2)12-19(20(26)24-18-6-5-11-22-16(18)4)25-21(27)23-13-17-9-7-15(3)8-10-17/h7-10,14,16,18-19,22H,5-6,11-13H2,1-4H3,(H,24,26)(H2,23,25,27). The second-order valence-electron chi connectivity index (χ2n) is 7.99. The normalized spacial score (nSPS) is 20.8. The molecule has 1 saturated heterocycles. The fourth-order valence-corrected chi connectivity index (χ4v) is 3.32. The monoisotopic (exact) mass is 374 g/mol. The van der Waals surface area contributed by atoms with Gasteiger partial charge in [-0.2, -0.15) is 0 Å². The van der Waals surface area contributed by atoms with Gasteiger partial charge in [0.15, 0.2) is 0 Å². The Morgan fingerprint density at radius 3 is 2.56 bits per heavy atom. The lowest BCUT2D eigenvalue weighted by atomic mass is 9.98. The summed E-state index contributed by atoms with van der Waals surface area (Å²) in [6, 6.07) is 7.53. The Kier molecular flexibility index (Phi) is 8.10. The van der Waals surface area contributed by atoms with E-state index in [1.165, 1.54) is 5.56 Å². The highest BCUT2D eigenvalue weighted by Gasteiger charge is 2.27. The number of carbonyl (C=O) groups is 2. The number of urea groups is 1. The maximum absolute atomic E-state index is 12.8. The maximum atomic E-state index is 12.8. The molecule has 1 fully saturated rings. The topological polar surface area (TPSA) is 82.3 Å². The van der Waals surface area contributed by atoms with Gasteiger partial charge in [0.05, 0.1) is 0 Å². The molecule has 1 aromatic rings. The van der Waals surface area contributed by atoms with Gasteiger partial charge >= 0.3 is 6.03 Å². The molecule has 0 bridgehead atoms. The molecule has 27 heavy (non-hydrogen) atoms. The number of hydrogen-bond donors (Lipinski definition) is 4. The number of benzene rings is 1. The summed E-state index contributed by atoms with van der Waals surface area (Å²) < 4.78 is 0. The van der Waals surface area contributed by atoms with Crippen molar-refractivity contribution in [1.82, 2.24) is 21.3 Å². The molecule has 1 heterocycles. The zero-order valence-electron chi connectivity index (χ0n) is 17.0. The van der Waals surface area contributed by atoms with Crippen molar-refractivity contribution in [3.05, 3.63) is 35.4 Å². The third-order valence-electron chi connectivity index (χ3n) is 4.99. The Morgan fingerprint density at radius 1 is 1.22 bits per heavy atom. The molecule has 6 nitrogen and oxygen atoms in total. The number of aryl methyl sites for hydroxylation is 1. The van der Waals surface area contributed by atoms with Crippen LogP contribution in [-0.4, -0.2) is 36.6 Å². The average Bonchev–Trinajstić information content (AvgIpc) is 2.62. The summed E-state index contributed by atoms with van der Waals surface area (Å²) in [6.45, 7) is 9.65. The van der Waals surface area contributed by atoms with E-state index in [9.17, 15) is 9.59 Å². The minimum absolute atomic E-state index is 0.102. The fourth-order valence-electron chi connectivity index (χ4n) is 3.32. The van der Waals surface area contributed by atoms with Crippen molar-refractivity contribution in [2.24, 2.45) is 5.92 Å². The second kappa shape index (κ2) is 10.3. The summed E-state index contributed by atoms with van der Waals surface area (Å²) in [5.74, 6) is 0.204. The SMILES string of the molecule is Cc1ccc(CNC(=O)NC(CC(C)C)C(=O)NC2CCCNC2C)cc1. The van der Waals surface area contributed by atoms with E-state index in [0.717, 1.165) is 24.9 Å². The molecule has 0 spiro atoms. The van der Waals surface area contributed by atoms with E-state index in [1.807, 2.05) is 31.2 Å². The van der Waals surface area contributed by atoms with Crippen LogP contribution in [0.2, 0.25) is 0 Å². The summed E-state index contributed by atoms with van der Waals surface area (Å²) in [4.78, 5) is 25.1. The van der Waals surface area contributed by atoms with E-state index >= 15 is 0 Å². The molecule has 3 atom stereocenters. The van der Waals surface area contributed by atoms with Crippen molar-refractivity contribution < 1.29 is 9.59 Å². The molecule has 3 amide bonds. The van der Waals surface area contributed by atoms with Crippen LogP contribution in [0.3, 0.4) is 0 Å². The first-order valence-corrected chi connectivity index (χ1v) is 9.99. The average molecular weight is 375 g/mol. The molecule has 3 unspecified atom stereocenters. The first-order valence-electron chi connectivity index (χ1n) is 9.99. The van der Waals surface area contributed by atoms with E-state index in [0.29, 0.717) is 18.9 Å². The molecule has 0 aliphatic carbocycles. The highest BCUT2D eigenvalue weighted by atomic mass is 16.2. The quantitative estimate of drug-likeness (QED) is 0.592. The number of nitrogens with one attached hydrogen (secondary N) is 4. The number of piperidine rings is 1. The van der Waals surface area contributed by atoms with E-state index in [1.54, 1.807) is 0 Å². The van der Waals surface area contributed by atoms with Gasteiger partial charge in [-0.05, 0) is 51.1 Å². The Morgan fingerprint density at radius 2 is 1.93 bits per heavy atom. The molecule has 0 aromatic heterocycles. The molecule has 0 saturated carbocycles. The molecular weight excluding hydrogens is 340 g/mol. The Labute approximate surface area is 162 Å². The van der Waals surface area contributed by atoms with Crippen LogP contribution in [0, 0.1) is 12.8 Å². The lowest BCUT2D eigenvalue weighted by molar-refractivity contribution is -0.124. The van der Waals surface area contributed by atoms with Crippen LogP contribution in [0.4, 0.5) is 4.79 Å². The van der Waals surface area contributed by atoms with Gasteiger partial charge in [0.25, 0.3) is 0 Å². The predicted molar refractivity (Wildman–Crippen MR) is 108 cm³/mol. The fraction of sp³-hybridized carbons (Fsp3) is 0.619. The number of rotatable bonds is 7. The highest BCUT2D eigenvalue weighted by Crippen LogP contribution is 2.11. The summed E-state index contributed by atoms with van der Waals surface area (Å²) >= 11 is 0. The van der Waals surface area contributed by atoms with Crippen LogP contribution in [0.15, 0.2) is 24.3 Å². The number of hydrogen-bond acceptors (Lipinski definition) is 3. The van der Waals surface area contributed by atoms with Gasteiger partial charge in [-0.15, -0.1) is 0 Å². The van der Waals surface area contributed by atoms with E-state index in [4.69, 9.17) is 0 Å². The van der Waals surface area contributed by atoms with Gasteiger partial charge in [-0.3, -0.25) is 4.79 Å². The molecular formula is C21H34N4O2. The maximum Gasteiger partial charge on any atom is 0.315 e. The largest absolute Gasteiger partial charge is 0.350 e. The third kappa shape index (κ3) is 7.21. The minimum atomic E-state index is -0.530. The van der Waals surface area contributed by atoms with Crippen molar-refractivity contribution in [3.63, 3.8) is 0 Å². The lowest BCUT2D eigenvalue weighted by Crippen LogP contribution is -2.57.